The minimum absolute atomic E-state index is 0.129. The molecule has 0 N–H and O–H groups in total. The Morgan fingerprint density at radius 2 is 1.56 bits per heavy atom. The fraction of sp³-hybridized carbons (Fsp3) is 0.714. The molecule has 1 aromatic rings. The fourth-order valence-electron chi connectivity index (χ4n) is 6.30. The number of Topliss-reactive ketones (excluding diaryl/α,β-unsaturated/α-hetero) is 1. The lowest BCUT2D eigenvalue weighted by atomic mass is 9.70. The predicted molar refractivity (Wildman–Crippen MR) is 140 cm³/mol. The predicted octanol–water partition coefficient (Wildman–Crippen LogP) is 7.96. The van der Waals surface area contributed by atoms with E-state index in [2.05, 4.69) is 41.5 Å². The lowest BCUT2D eigenvalue weighted by molar-refractivity contribution is -0.120. The molecule has 0 aliphatic heterocycles. The van der Waals surface area contributed by atoms with E-state index in [1.165, 1.54) is 11.0 Å². The van der Waals surface area contributed by atoms with Crippen molar-refractivity contribution in [3.8, 4) is 0 Å². The number of carbonyl (C=O) groups excluding carboxylic acids is 2. The third-order valence-electron chi connectivity index (χ3n) is 7.73. The molecular formula is C28H45NO4Si. The zero-order chi connectivity index (χ0) is 25.4. The van der Waals surface area contributed by atoms with Crippen molar-refractivity contribution in [2.75, 3.05) is 0 Å². The van der Waals surface area contributed by atoms with E-state index in [9.17, 15) is 9.59 Å². The van der Waals surface area contributed by atoms with Crippen LogP contribution in [0.1, 0.15) is 106 Å². The van der Waals surface area contributed by atoms with Crippen LogP contribution in [0.5, 0.6) is 0 Å². The average molecular weight is 488 g/mol. The van der Waals surface area contributed by atoms with Gasteiger partial charge < -0.3 is 9.16 Å². The molecule has 0 saturated heterocycles. The van der Waals surface area contributed by atoms with Crippen LogP contribution in [0, 0.1) is 5.92 Å². The van der Waals surface area contributed by atoms with E-state index >= 15 is 0 Å². The van der Waals surface area contributed by atoms with Gasteiger partial charge in [-0.15, -0.1) is 0 Å². The number of carbonyl (C=O) groups is 2. The second-order valence-electron chi connectivity index (χ2n) is 12.1. The SMILES string of the molecule is CC(C)[Si](OC1=C(C2CCCCC2)C(=O)C1c1cccn1C(=O)OC(C)(C)C)(C(C)C)C(C)C. The number of allylic oxidation sites excluding steroid dienone is 2. The maximum atomic E-state index is 13.7. The van der Waals surface area contributed by atoms with Crippen molar-refractivity contribution in [1.29, 1.82) is 0 Å². The lowest BCUT2D eigenvalue weighted by Gasteiger charge is -2.47. The van der Waals surface area contributed by atoms with Crippen LogP contribution in [0.25, 0.3) is 0 Å². The third-order valence-corrected chi connectivity index (χ3v) is 13.7. The van der Waals surface area contributed by atoms with Crippen LogP contribution in [0.3, 0.4) is 0 Å². The molecule has 0 bridgehead atoms. The Morgan fingerprint density at radius 3 is 2.06 bits per heavy atom. The van der Waals surface area contributed by atoms with Gasteiger partial charge in [-0.25, -0.2) is 4.79 Å². The van der Waals surface area contributed by atoms with Gasteiger partial charge in [-0.2, -0.15) is 0 Å². The Hall–Kier alpha value is -1.82. The van der Waals surface area contributed by atoms with E-state index in [0.29, 0.717) is 22.3 Å². The summed E-state index contributed by atoms with van der Waals surface area (Å²) in [6.45, 7) is 19.2. The van der Waals surface area contributed by atoms with Gasteiger partial charge in [0.25, 0.3) is 8.32 Å². The molecule has 1 saturated carbocycles. The van der Waals surface area contributed by atoms with Crippen LogP contribution in [-0.2, 0) is 14.0 Å². The summed E-state index contributed by atoms with van der Waals surface area (Å²) in [7, 11) is -2.27. The Morgan fingerprint density at radius 1 is 1.00 bits per heavy atom. The normalized spacial score (nSPS) is 20.4. The number of rotatable bonds is 7. The molecule has 5 nitrogen and oxygen atoms in total. The zero-order valence-electron chi connectivity index (χ0n) is 22.7. The molecule has 6 heteroatoms. The van der Waals surface area contributed by atoms with Gasteiger partial charge in [0.05, 0.1) is 0 Å². The number of ether oxygens (including phenoxy) is 1. The molecule has 0 amide bonds. The first kappa shape index (κ1) is 26.8. The lowest BCUT2D eigenvalue weighted by Crippen LogP contribution is -2.51. The van der Waals surface area contributed by atoms with E-state index in [1.807, 2.05) is 32.9 Å². The highest BCUT2D eigenvalue weighted by Crippen LogP contribution is 2.52. The molecule has 1 heterocycles. The van der Waals surface area contributed by atoms with Gasteiger partial charge in [-0.05, 0) is 68.3 Å². The molecule has 0 radical (unpaired) electrons. The quantitative estimate of drug-likeness (QED) is 0.366. The van der Waals surface area contributed by atoms with Crippen molar-refractivity contribution in [3.63, 3.8) is 0 Å². The molecule has 1 aromatic heterocycles. The van der Waals surface area contributed by atoms with Crippen molar-refractivity contribution in [1.82, 2.24) is 4.57 Å². The van der Waals surface area contributed by atoms with Gasteiger partial charge in [0.15, 0.2) is 5.78 Å². The Labute approximate surface area is 207 Å². The Balaban J connectivity index is 2.09. The molecule has 2 aliphatic rings. The number of nitrogens with zero attached hydrogens (tertiary/aromatic N) is 1. The number of ketones is 1. The fourth-order valence-corrected chi connectivity index (χ4v) is 11.6. The van der Waals surface area contributed by atoms with Gasteiger partial charge >= 0.3 is 6.09 Å². The molecule has 34 heavy (non-hydrogen) atoms. The first-order chi connectivity index (χ1) is 15.8. The highest BCUT2D eigenvalue weighted by atomic mass is 28.4. The first-order valence-electron chi connectivity index (χ1n) is 13.2. The second-order valence-corrected chi connectivity index (χ2v) is 17.5. The molecule has 0 spiro atoms. The van der Waals surface area contributed by atoms with Crippen LogP contribution in [0.4, 0.5) is 4.79 Å². The van der Waals surface area contributed by atoms with Crippen LogP contribution >= 0.6 is 0 Å². The summed E-state index contributed by atoms with van der Waals surface area (Å²) in [5, 5.41) is 0. The number of aromatic nitrogens is 1. The zero-order valence-corrected chi connectivity index (χ0v) is 23.7. The summed E-state index contributed by atoms with van der Waals surface area (Å²) in [6.07, 6.45) is 6.91. The van der Waals surface area contributed by atoms with Crippen LogP contribution in [0.15, 0.2) is 29.7 Å². The maximum absolute atomic E-state index is 13.7. The maximum Gasteiger partial charge on any atom is 0.418 e. The first-order valence-corrected chi connectivity index (χ1v) is 15.3. The topological polar surface area (TPSA) is 57.5 Å². The van der Waals surface area contributed by atoms with E-state index in [0.717, 1.165) is 37.0 Å². The van der Waals surface area contributed by atoms with Crippen molar-refractivity contribution < 1.29 is 18.8 Å². The van der Waals surface area contributed by atoms with Crippen molar-refractivity contribution in [2.45, 2.75) is 123 Å². The van der Waals surface area contributed by atoms with Crippen LogP contribution < -0.4 is 0 Å². The monoisotopic (exact) mass is 487 g/mol. The van der Waals surface area contributed by atoms with Crippen LogP contribution in [0.2, 0.25) is 16.6 Å². The summed E-state index contributed by atoms with van der Waals surface area (Å²) >= 11 is 0. The summed E-state index contributed by atoms with van der Waals surface area (Å²) in [4.78, 5) is 26.7. The van der Waals surface area contributed by atoms with Gasteiger partial charge in [-0.1, -0.05) is 60.8 Å². The summed E-state index contributed by atoms with van der Waals surface area (Å²) in [5.74, 6) is 0.728. The molecule has 1 fully saturated rings. The van der Waals surface area contributed by atoms with E-state index in [4.69, 9.17) is 9.16 Å². The van der Waals surface area contributed by atoms with Gasteiger partial charge in [0.1, 0.15) is 17.3 Å². The molecular weight excluding hydrogens is 442 g/mol. The third kappa shape index (κ3) is 4.93. The summed E-state index contributed by atoms with van der Waals surface area (Å²) in [6, 6.07) is 3.69. The highest BCUT2D eigenvalue weighted by Gasteiger charge is 2.54. The van der Waals surface area contributed by atoms with Crippen molar-refractivity contribution >= 4 is 20.2 Å². The molecule has 1 unspecified atom stereocenters. The second kappa shape index (κ2) is 10.0. The smallest absolute Gasteiger partial charge is 0.418 e. The Bertz CT molecular complexity index is 907. The molecule has 1 atom stereocenters. The van der Waals surface area contributed by atoms with Crippen LogP contribution in [-0.4, -0.2) is 30.4 Å². The van der Waals surface area contributed by atoms with Crippen molar-refractivity contribution in [3.05, 3.63) is 35.4 Å². The van der Waals surface area contributed by atoms with Crippen molar-refractivity contribution in [2.24, 2.45) is 5.92 Å². The standard InChI is InChI=1S/C28H45NO4Si/c1-18(2)34(19(3)4,20(5)6)33-26-23(21-14-11-10-12-15-21)25(30)24(26)22-16-13-17-29(22)27(31)32-28(7,8)9/h13,16-21,24H,10-12,14-15H2,1-9H3. The largest absolute Gasteiger partial charge is 0.544 e. The average Bonchev–Trinajstić information content (AvgIpc) is 3.18. The van der Waals surface area contributed by atoms with Gasteiger partial charge in [0, 0.05) is 17.5 Å². The minimum Gasteiger partial charge on any atom is -0.544 e. The number of hydrogen-bond acceptors (Lipinski definition) is 4. The molecule has 0 aromatic carbocycles. The number of hydrogen-bond donors (Lipinski definition) is 0. The van der Waals surface area contributed by atoms with Gasteiger partial charge in [-0.3, -0.25) is 9.36 Å². The van der Waals surface area contributed by atoms with E-state index in [-0.39, 0.29) is 11.7 Å². The summed E-state index contributed by atoms with van der Waals surface area (Å²) in [5.41, 5.74) is 2.16. The highest BCUT2D eigenvalue weighted by molar-refractivity contribution is 6.78. The summed E-state index contributed by atoms with van der Waals surface area (Å²) < 4.78 is 14.3. The van der Waals surface area contributed by atoms with E-state index < -0.39 is 25.9 Å². The van der Waals surface area contributed by atoms with Gasteiger partial charge in [0.2, 0.25) is 0 Å². The molecule has 3 rings (SSSR count). The minimum atomic E-state index is -2.27. The molecule has 190 valence electrons. The molecule has 2 aliphatic carbocycles. The Kier molecular flexibility index (Phi) is 7.91. The van der Waals surface area contributed by atoms with E-state index in [1.54, 1.807) is 6.20 Å².